The van der Waals surface area contributed by atoms with Crippen LogP contribution in [0.25, 0.3) is 0 Å². The first-order valence-electron chi connectivity index (χ1n) is 22.6. The molecule has 0 saturated heterocycles. The van der Waals surface area contributed by atoms with E-state index in [0.717, 1.165) is 47.3 Å². The monoisotopic (exact) mass is 698 g/mol. The summed E-state index contributed by atoms with van der Waals surface area (Å²) < 4.78 is 0. The maximum Gasteiger partial charge on any atom is 0.0284 e. The van der Waals surface area contributed by atoms with Crippen LogP contribution in [0.1, 0.15) is 148 Å². The summed E-state index contributed by atoms with van der Waals surface area (Å²) >= 11 is 0. The van der Waals surface area contributed by atoms with Gasteiger partial charge in [-0.2, -0.15) is 0 Å². The molecule has 0 aromatic heterocycles. The van der Waals surface area contributed by atoms with Crippen molar-refractivity contribution in [3.8, 4) is 0 Å². The normalized spacial score (nSPS) is 38.0. The van der Waals surface area contributed by atoms with Crippen molar-refractivity contribution in [2.75, 3.05) is 0 Å². The van der Waals surface area contributed by atoms with E-state index in [-0.39, 0.29) is 0 Å². The van der Waals surface area contributed by atoms with E-state index in [9.17, 15) is 0 Å². The van der Waals surface area contributed by atoms with Gasteiger partial charge in [0, 0.05) is 12.1 Å². The van der Waals surface area contributed by atoms with Crippen LogP contribution >= 0.6 is 0 Å². The molecule has 1 heteroatoms. The number of allylic oxidation sites excluding steroid dienone is 17. The first-order valence-corrected chi connectivity index (χ1v) is 22.6. The molecule has 0 bridgehead atoms. The second kappa shape index (κ2) is 17.8. The highest BCUT2D eigenvalue weighted by molar-refractivity contribution is 5.44. The molecule has 0 aromatic rings. The highest BCUT2D eigenvalue weighted by Gasteiger charge is 2.46. The van der Waals surface area contributed by atoms with E-state index >= 15 is 0 Å². The van der Waals surface area contributed by atoms with Gasteiger partial charge in [0.1, 0.15) is 0 Å². The zero-order chi connectivity index (χ0) is 35.1. The average molecular weight is 698 g/mol. The molecular weight excluding hydrogens is 627 g/mol. The molecule has 1 nitrogen and oxygen atoms in total. The molecule has 10 atom stereocenters. The number of hydrogen-bond acceptors (Lipinski definition) is 1. The minimum Gasteiger partial charge on any atom is -0.307 e. The van der Waals surface area contributed by atoms with Crippen LogP contribution in [0.4, 0.5) is 0 Å². The van der Waals surface area contributed by atoms with Gasteiger partial charge in [-0.1, -0.05) is 90.1 Å². The van der Waals surface area contributed by atoms with Gasteiger partial charge in [-0.25, -0.2) is 0 Å². The van der Waals surface area contributed by atoms with Crippen molar-refractivity contribution in [3.63, 3.8) is 0 Å². The molecule has 8 rings (SSSR count). The summed E-state index contributed by atoms with van der Waals surface area (Å²) in [6.45, 7) is 2.28. The molecule has 10 unspecified atom stereocenters. The predicted octanol–water partition coefficient (Wildman–Crippen LogP) is 13.8. The van der Waals surface area contributed by atoms with E-state index in [1.54, 1.807) is 16.7 Å². The third kappa shape index (κ3) is 8.77. The lowest BCUT2D eigenvalue weighted by Gasteiger charge is -2.51. The van der Waals surface area contributed by atoms with E-state index in [2.05, 4.69) is 91.2 Å². The molecule has 280 valence electrons. The Kier molecular flexibility index (Phi) is 12.6. The molecule has 0 aromatic carbocycles. The lowest BCUT2D eigenvalue weighted by molar-refractivity contribution is 0.0389. The van der Waals surface area contributed by atoms with Crippen molar-refractivity contribution < 1.29 is 0 Å². The highest BCUT2D eigenvalue weighted by atomic mass is 15.0. The standard InChI is InChI=1S/C51H71N/c1-37-15-14-17-38(28-27-37)16-4-2-7-21-41-29-30-43(36-51(41)52-44-32-31-39-18-8-9-22-42(39)35-44)46-33-34-50(49-26-13-12-25-48(46)49)47-24-11-10-23-45(47)40-19-5-3-6-20-40/h4-5,8,12,16,18-20,23,25,27-29,39,42-44,46-52H,2-3,6-7,9-11,13-15,17,21-22,24,26,30-36H2,1H3/b16-4+. The van der Waals surface area contributed by atoms with Gasteiger partial charge in [0.15, 0.2) is 0 Å². The summed E-state index contributed by atoms with van der Waals surface area (Å²) in [5, 5.41) is 4.42. The Morgan fingerprint density at radius 1 is 0.731 bits per heavy atom. The fraction of sp³-hybridized carbons (Fsp3) is 0.647. The molecule has 0 radical (unpaired) electrons. The van der Waals surface area contributed by atoms with Crippen molar-refractivity contribution in [2.24, 2.45) is 47.3 Å². The summed E-state index contributed by atoms with van der Waals surface area (Å²) in [5.41, 5.74) is 8.14. The number of nitrogens with one attached hydrogen (secondary N) is 1. The third-order valence-electron chi connectivity index (χ3n) is 15.4. The van der Waals surface area contributed by atoms with Crippen LogP contribution in [-0.2, 0) is 0 Å². The van der Waals surface area contributed by atoms with E-state index < -0.39 is 0 Å². The van der Waals surface area contributed by atoms with Crippen molar-refractivity contribution in [1.82, 2.24) is 5.32 Å². The quantitative estimate of drug-likeness (QED) is 0.177. The molecule has 52 heavy (non-hydrogen) atoms. The first-order chi connectivity index (χ1) is 25.7. The molecule has 1 N–H and O–H groups in total. The van der Waals surface area contributed by atoms with Crippen LogP contribution in [0.2, 0.25) is 0 Å². The predicted molar refractivity (Wildman–Crippen MR) is 223 cm³/mol. The van der Waals surface area contributed by atoms with Crippen molar-refractivity contribution >= 4 is 0 Å². The fourth-order valence-electron chi connectivity index (χ4n) is 12.7. The summed E-state index contributed by atoms with van der Waals surface area (Å²) in [4.78, 5) is 0. The van der Waals surface area contributed by atoms with Crippen LogP contribution in [-0.4, -0.2) is 12.1 Å². The van der Waals surface area contributed by atoms with E-state index in [4.69, 9.17) is 0 Å². The third-order valence-corrected chi connectivity index (χ3v) is 15.4. The number of rotatable bonds is 10. The molecule has 2 fully saturated rings. The van der Waals surface area contributed by atoms with Gasteiger partial charge in [0.05, 0.1) is 0 Å². The Hall–Kier alpha value is -2.38. The van der Waals surface area contributed by atoms with Crippen molar-refractivity contribution in [3.05, 3.63) is 107 Å². The number of hydrogen-bond donors (Lipinski definition) is 1. The lowest BCUT2D eigenvalue weighted by Crippen LogP contribution is -2.48. The van der Waals surface area contributed by atoms with Crippen LogP contribution in [0.3, 0.4) is 0 Å². The van der Waals surface area contributed by atoms with E-state index in [1.807, 2.05) is 0 Å². The maximum atomic E-state index is 4.42. The summed E-state index contributed by atoms with van der Waals surface area (Å²) in [6.07, 6.45) is 62.3. The van der Waals surface area contributed by atoms with E-state index in [0.29, 0.717) is 12.1 Å². The Bertz CT molecular complexity index is 1500. The van der Waals surface area contributed by atoms with Gasteiger partial charge in [-0.15, -0.1) is 0 Å². The van der Waals surface area contributed by atoms with Crippen molar-refractivity contribution in [2.45, 2.75) is 160 Å². The zero-order valence-electron chi connectivity index (χ0n) is 32.8. The first kappa shape index (κ1) is 36.6. The van der Waals surface area contributed by atoms with Gasteiger partial charge < -0.3 is 5.32 Å². The summed E-state index contributed by atoms with van der Waals surface area (Å²) in [7, 11) is 0. The Balaban J connectivity index is 0.954. The molecule has 0 aliphatic heterocycles. The van der Waals surface area contributed by atoms with Crippen LogP contribution in [0.5, 0.6) is 0 Å². The molecule has 8 aliphatic carbocycles. The molecule has 0 heterocycles. The van der Waals surface area contributed by atoms with Crippen LogP contribution in [0, 0.1) is 47.3 Å². The topological polar surface area (TPSA) is 12.0 Å². The minimum absolute atomic E-state index is 0.586. The highest BCUT2D eigenvalue weighted by Crippen LogP contribution is 2.54. The molecule has 0 spiro atoms. The van der Waals surface area contributed by atoms with Gasteiger partial charge >= 0.3 is 0 Å². The molecule has 8 aliphatic rings. The van der Waals surface area contributed by atoms with Gasteiger partial charge in [-0.05, 0) is 212 Å². The summed E-state index contributed by atoms with van der Waals surface area (Å²) in [5.74, 6) is 6.78. The maximum absolute atomic E-state index is 4.42. The molecular formula is C51H71N. The Morgan fingerprint density at radius 3 is 2.60 bits per heavy atom. The van der Waals surface area contributed by atoms with Gasteiger partial charge in [0.25, 0.3) is 0 Å². The van der Waals surface area contributed by atoms with Gasteiger partial charge in [0.2, 0.25) is 0 Å². The smallest absolute Gasteiger partial charge is 0.0284 e. The SMILES string of the molecule is CC1=CC=C(/C=C/CCCC2=CCC(C3CCC(C4CCCC=C4C4=CCCC=C4)C4CCC=CC34)CC2NC2CCC3C=CCCC3C2)CCC1. The van der Waals surface area contributed by atoms with Crippen molar-refractivity contribution in [1.29, 1.82) is 0 Å². The van der Waals surface area contributed by atoms with Crippen LogP contribution < -0.4 is 5.32 Å². The summed E-state index contributed by atoms with van der Waals surface area (Å²) in [6, 6.07) is 1.29. The average Bonchev–Trinajstić information content (AvgIpc) is 3.41. The second-order valence-electron chi connectivity index (χ2n) is 18.6. The van der Waals surface area contributed by atoms with E-state index in [1.165, 1.54) is 152 Å². The minimum atomic E-state index is 0.586. The number of unbranched alkanes of at least 4 members (excludes halogenated alkanes) is 1. The lowest BCUT2D eigenvalue weighted by atomic mass is 9.54. The van der Waals surface area contributed by atoms with Crippen LogP contribution in [0.15, 0.2) is 107 Å². The Morgan fingerprint density at radius 2 is 1.65 bits per heavy atom. The largest absolute Gasteiger partial charge is 0.307 e. The molecule has 0 amide bonds. The Labute approximate surface area is 318 Å². The zero-order valence-corrected chi connectivity index (χ0v) is 32.8. The molecule has 2 saturated carbocycles. The second-order valence-corrected chi connectivity index (χ2v) is 18.6. The number of fused-ring (bicyclic) bond motifs is 2. The van der Waals surface area contributed by atoms with Gasteiger partial charge in [-0.3, -0.25) is 0 Å². The fourth-order valence-corrected chi connectivity index (χ4v) is 12.7.